The minimum Gasteiger partial charge on any atom is -0.480 e. The van der Waals surface area contributed by atoms with Crippen LogP contribution < -0.4 is 0 Å². The minimum atomic E-state index is -0.993. The fourth-order valence-electron chi connectivity index (χ4n) is 1.99. The van der Waals surface area contributed by atoms with Crippen molar-refractivity contribution in [2.24, 2.45) is 0 Å². The van der Waals surface area contributed by atoms with Crippen LogP contribution in [0.1, 0.15) is 38.8 Å². The highest BCUT2D eigenvalue weighted by atomic mass is 19.1. The molecule has 1 N–H and O–H groups in total. The van der Waals surface area contributed by atoms with E-state index in [1.807, 2.05) is 13.0 Å². The molecule has 3 nitrogen and oxygen atoms in total. The molecule has 0 aliphatic rings. The van der Waals surface area contributed by atoms with Crippen molar-refractivity contribution >= 4 is 5.97 Å². The molecule has 4 heteroatoms. The summed E-state index contributed by atoms with van der Waals surface area (Å²) in [5, 5.41) is 9.24. The summed E-state index contributed by atoms with van der Waals surface area (Å²) in [5.74, 6) is -1.19. The smallest absolute Gasteiger partial charge is 0.323 e. The normalized spacial score (nSPS) is 13.7. The van der Waals surface area contributed by atoms with Gasteiger partial charge in [-0.25, -0.2) is 4.39 Å². The maximum Gasteiger partial charge on any atom is 0.323 e. The summed E-state index contributed by atoms with van der Waals surface area (Å²) >= 11 is 0. The zero-order chi connectivity index (χ0) is 13.9. The van der Waals surface area contributed by atoms with Gasteiger partial charge in [0.15, 0.2) is 0 Å². The molecule has 0 heterocycles. The number of nitrogens with zero attached hydrogens (tertiary/aromatic N) is 1. The average Bonchev–Trinajstić information content (AvgIpc) is 2.29. The number of halogens is 1. The minimum absolute atomic E-state index is 0.119. The van der Waals surface area contributed by atoms with E-state index in [0.29, 0.717) is 0 Å². The lowest BCUT2D eigenvalue weighted by Gasteiger charge is -2.38. The number of hydrogen-bond acceptors (Lipinski definition) is 2. The Bertz CT molecular complexity index is 432. The molecule has 0 aliphatic carbocycles. The first-order valence-electron chi connectivity index (χ1n) is 6.02. The third kappa shape index (κ3) is 2.88. The SMILES string of the molecule is CCC(c1cccc(F)c1)N(C)C(C)(C)C(=O)O. The first kappa shape index (κ1) is 14.6. The van der Waals surface area contributed by atoms with Crippen molar-refractivity contribution in [2.45, 2.75) is 38.8 Å². The number of benzene rings is 1. The number of likely N-dealkylation sites (N-methyl/N-ethyl adjacent to an activating group) is 1. The Hall–Kier alpha value is -1.42. The van der Waals surface area contributed by atoms with Gasteiger partial charge in [0.1, 0.15) is 11.4 Å². The molecule has 0 radical (unpaired) electrons. The van der Waals surface area contributed by atoms with Crippen LogP contribution in [-0.4, -0.2) is 28.6 Å². The molecule has 0 saturated heterocycles. The third-order valence-corrected chi connectivity index (χ3v) is 3.49. The Morgan fingerprint density at radius 2 is 2.11 bits per heavy atom. The van der Waals surface area contributed by atoms with Crippen molar-refractivity contribution in [3.63, 3.8) is 0 Å². The van der Waals surface area contributed by atoms with Crippen molar-refractivity contribution in [2.75, 3.05) is 7.05 Å². The van der Waals surface area contributed by atoms with Crippen LogP contribution >= 0.6 is 0 Å². The van der Waals surface area contributed by atoms with E-state index in [2.05, 4.69) is 0 Å². The van der Waals surface area contributed by atoms with Crippen LogP contribution in [0, 0.1) is 5.82 Å². The zero-order valence-corrected chi connectivity index (χ0v) is 11.3. The average molecular weight is 253 g/mol. The van der Waals surface area contributed by atoms with Crippen molar-refractivity contribution in [3.8, 4) is 0 Å². The van der Waals surface area contributed by atoms with E-state index >= 15 is 0 Å². The summed E-state index contributed by atoms with van der Waals surface area (Å²) < 4.78 is 13.2. The summed E-state index contributed by atoms with van der Waals surface area (Å²) in [6.07, 6.45) is 0.719. The van der Waals surface area contributed by atoms with Crippen LogP contribution in [0.5, 0.6) is 0 Å². The molecular formula is C14H20FNO2. The lowest BCUT2D eigenvalue weighted by Crippen LogP contribution is -2.49. The monoisotopic (exact) mass is 253 g/mol. The lowest BCUT2D eigenvalue weighted by atomic mass is 9.95. The third-order valence-electron chi connectivity index (χ3n) is 3.49. The van der Waals surface area contributed by atoms with Gasteiger partial charge in [-0.15, -0.1) is 0 Å². The molecule has 0 spiro atoms. The molecule has 1 aromatic rings. The second-order valence-corrected chi connectivity index (χ2v) is 4.95. The predicted molar refractivity (Wildman–Crippen MR) is 68.9 cm³/mol. The van der Waals surface area contributed by atoms with Crippen molar-refractivity contribution < 1.29 is 14.3 Å². The number of hydrogen-bond donors (Lipinski definition) is 1. The van der Waals surface area contributed by atoms with Crippen LogP contribution in [0.3, 0.4) is 0 Å². The summed E-state index contributed by atoms with van der Waals surface area (Å²) in [5.41, 5.74) is -0.193. The summed E-state index contributed by atoms with van der Waals surface area (Å²) in [6.45, 7) is 5.26. The summed E-state index contributed by atoms with van der Waals surface area (Å²) in [7, 11) is 1.76. The molecule has 0 bridgehead atoms. The van der Waals surface area contributed by atoms with Gasteiger partial charge in [-0.05, 0) is 45.0 Å². The Balaban J connectivity index is 3.07. The van der Waals surface area contributed by atoms with Gasteiger partial charge in [0.25, 0.3) is 0 Å². The largest absolute Gasteiger partial charge is 0.480 e. The molecule has 1 unspecified atom stereocenters. The second kappa shape index (κ2) is 5.48. The molecule has 1 rings (SSSR count). The quantitative estimate of drug-likeness (QED) is 0.876. The van der Waals surface area contributed by atoms with E-state index in [1.54, 1.807) is 31.9 Å². The van der Waals surface area contributed by atoms with E-state index in [9.17, 15) is 14.3 Å². The molecule has 0 aromatic heterocycles. The molecule has 0 amide bonds. The van der Waals surface area contributed by atoms with Gasteiger partial charge < -0.3 is 5.11 Å². The van der Waals surface area contributed by atoms with Crippen LogP contribution in [0.15, 0.2) is 24.3 Å². The molecule has 1 aromatic carbocycles. The van der Waals surface area contributed by atoms with Gasteiger partial charge in [-0.1, -0.05) is 19.1 Å². The van der Waals surface area contributed by atoms with E-state index < -0.39 is 11.5 Å². The maximum atomic E-state index is 13.2. The number of carbonyl (C=O) groups is 1. The van der Waals surface area contributed by atoms with Gasteiger partial charge in [0, 0.05) is 6.04 Å². The molecule has 1 atom stereocenters. The van der Waals surface area contributed by atoms with Crippen molar-refractivity contribution in [1.29, 1.82) is 0 Å². The van der Waals surface area contributed by atoms with E-state index in [4.69, 9.17) is 0 Å². The molecule has 18 heavy (non-hydrogen) atoms. The highest BCUT2D eigenvalue weighted by Gasteiger charge is 2.36. The molecular weight excluding hydrogens is 233 g/mol. The Morgan fingerprint density at radius 3 is 2.56 bits per heavy atom. The number of aliphatic carboxylic acids is 1. The predicted octanol–water partition coefficient (Wildman–Crippen LogP) is 3.07. The zero-order valence-electron chi connectivity index (χ0n) is 11.3. The molecule has 0 fully saturated rings. The first-order chi connectivity index (χ1) is 8.30. The molecule has 0 aliphatic heterocycles. The van der Waals surface area contributed by atoms with Crippen LogP contribution in [0.2, 0.25) is 0 Å². The fourth-order valence-corrected chi connectivity index (χ4v) is 1.99. The Kier molecular flexibility index (Phi) is 4.46. The molecule has 100 valence electrons. The highest BCUT2D eigenvalue weighted by molar-refractivity contribution is 5.77. The maximum absolute atomic E-state index is 13.2. The topological polar surface area (TPSA) is 40.5 Å². The van der Waals surface area contributed by atoms with Gasteiger partial charge in [0.2, 0.25) is 0 Å². The Labute approximate surface area is 107 Å². The fraction of sp³-hybridized carbons (Fsp3) is 0.500. The Morgan fingerprint density at radius 1 is 1.50 bits per heavy atom. The van der Waals surface area contributed by atoms with Crippen molar-refractivity contribution in [3.05, 3.63) is 35.6 Å². The number of carboxylic acid groups (broad SMARTS) is 1. The summed E-state index contributed by atoms with van der Waals surface area (Å²) in [4.78, 5) is 13.0. The van der Waals surface area contributed by atoms with Crippen LogP contribution in [0.25, 0.3) is 0 Å². The lowest BCUT2D eigenvalue weighted by molar-refractivity contribution is -0.150. The van der Waals surface area contributed by atoms with E-state index in [1.165, 1.54) is 12.1 Å². The number of carboxylic acids is 1. The highest BCUT2D eigenvalue weighted by Crippen LogP contribution is 2.29. The van der Waals surface area contributed by atoms with E-state index in [0.717, 1.165) is 12.0 Å². The van der Waals surface area contributed by atoms with Gasteiger partial charge >= 0.3 is 5.97 Å². The first-order valence-corrected chi connectivity index (χ1v) is 6.02. The number of rotatable bonds is 5. The second-order valence-electron chi connectivity index (χ2n) is 4.95. The standard InChI is InChI=1S/C14H20FNO2/c1-5-12(10-7-6-8-11(15)9-10)16(4)14(2,3)13(17)18/h6-9,12H,5H2,1-4H3,(H,17,18). The van der Waals surface area contributed by atoms with Crippen LogP contribution in [-0.2, 0) is 4.79 Å². The van der Waals surface area contributed by atoms with E-state index in [-0.39, 0.29) is 11.9 Å². The molecule has 0 saturated carbocycles. The van der Waals surface area contributed by atoms with Crippen LogP contribution in [0.4, 0.5) is 4.39 Å². The van der Waals surface area contributed by atoms with Gasteiger partial charge in [-0.3, -0.25) is 9.69 Å². The van der Waals surface area contributed by atoms with Gasteiger partial charge in [0.05, 0.1) is 0 Å². The van der Waals surface area contributed by atoms with Gasteiger partial charge in [-0.2, -0.15) is 0 Å². The summed E-state index contributed by atoms with van der Waals surface area (Å²) in [6, 6.07) is 6.20. The van der Waals surface area contributed by atoms with Crippen molar-refractivity contribution in [1.82, 2.24) is 4.90 Å².